The molecule has 0 amide bonds. The fraction of sp³-hybridized carbons (Fsp3) is 0.556. The molecule has 0 aliphatic carbocycles. The smallest absolute Gasteiger partial charge is 0.148 e. The monoisotopic (exact) mass is 293 g/mol. The Morgan fingerprint density at radius 2 is 2.33 bits per heavy atom. The predicted octanol–water partition coefficient (Wildman–Crippen LogP) is 2.47. The summed E-state index contributed by atoms with van der Waals surface area (Å²) in [5.41, 5.74) is 0. The number of nitrogens with zero attached hydrogens (tertiary/aromatic N) is 2. The summed E-state index contributed by atoms with van der Waals surface area (Å²) in [6, 6.07) is 0. The van der Waals surface area contributed by atoms with Crippen LogP contribution in [0.3, 0.4) is 0 Å². The first-order chi connectivity index (χ1) is 7.15. The molecule has 1 atom stereocenters. The number of aromatic nitrogens is 2. The Kier molecular flexibility index (Phi) is 5.28. The van der Waals surface area contributed by atoms with Crippen LogP contribution in [-0.2, 0) is 0 Å². The first kappa shape index (κ1) is 12.7. The van der Waals surface area contributed by atoms with E-state index in [1.54, 1.807) is 0 Å². The molecule has 6 heteroatoms. The number of hydrogen-bond donors (Lipinski definition) is 2. The van der Waals surface area contributed by atoms with E-state index in [1.807, 2.05) is 6.92 Å². The maximum atomic E-state index is 9.35. The van der Waals surface area contributed by atoms with E-state index in [-0.39, 0.29) is 6.10 Å². The van der Waals surface area contributed by atoms with Gasteiger partial charge in [0.2, 0.25) is 0 Å². The van der Waals surface area contributed by atoms with Crippen LogP contribution in [0.15, 0.2) is 10.8 Å². The molecule has 0 aliphatic rings. The summed E-state index contributed by atoms with van der Waals surface area (Å²) in [6.07, 6.45) is 2.57. The summed E-state index contributed by atoms with van der Waals surface area (Å²) in [6.45, 7) is 2.60. The zero-order chi connectivity index (χ0) is 11.3. The topological polar surface area (TPSA) is 58.0 Å². The molecule has 15 heavy (non-hydrogen) atoms. The number of rotatable bonds is 5. The van der Waals surface area contributed by atoms with Crippen molar-refractivity contribution < 1.29 is 5.11 Å². The quantitative estimate of drug-likeness (QED) is 0.819. The van der Waals surface area contributed by atoms with Gasteiger partial charge in [0.25, 0.3) is 0 Å². The maximum absolute atomic E-state index is 9.35. The highest BCUT2D eigenvalue weighted by Crippen LogP contribution is 2.25. The van der Waals surface area contributed by atoms with E-state index in [1.165, 1.54) is 6.33 Å². The van der Waals surface area contributed by atoms with Gasteiger partial charge in [-0.05, 0) is 28.8 Å². The van der Waals surface area contributed by atoms with Crippen molar-refractivity contribution in [3.8, 4) is 0 Å². The second-order valence-corrected chi connectivity index (χ2v) is 4.26. The third-order valence-corrected chi connectivity index (χ3v) is 3.25. The lowest BCUT2D eigenvalue weighted by atomic mass is 10.2. The zero-order valence-corrected chi connectivity index (χ0v) is 10.7. The number of anilines is 1. The van der Waals surface area contributed by atoms with Crippen molar-refractivity contribution in [2.45, 2.75) is 25.9 Å². The number of aliphatic hydroxyl groups is 1. The fourth-order valence-electron chi connectivity index (χ4n) is 1.03. The molecule has 1 aromatic rings. The zero-order valence-electron chi connectivity index (χ0n) is 8.37. The Morgan fingerprint density at radius 3 is 3.00 bits per heavy atom. The van der Waals surface area contributed by atoms with Gasteiger partial charge in [-0.3, -0.25) is 0 Å². The molecule has 0 radical (unpaired) electrons. The van der Waals surface area contributed by atoms with Crippen LogP contribution in [0.5, 0.6) is 0 Å². The first-order valence-electron chi connectivity index (χ1n) is 4.73. The van der Waals surface area contributed by atoms with Crippen LogP contribution in [0.1, 0.15) is 19.8 Å². The summed E-state index contributed by atoms with van der Waals surface area (Å²) < 4.78 is 0.651. The van der Waals surface area contributed by atoms with E-state index < -0.39 is 0 Å². The van der Waals surface area contributed by atoms with E-state index in [4.69, 9.17) is 11.6 Å². The molecule has 4 nitrogen and oxygen atoms in total. The Hall–Kier alpha value is -0.390. The molecule has 1 rings (SSSR count). The largest absolute Gasteiger partial charge is 0.393 e. The van der Waals surface area contributed by atoms with E-state index in [0.717, 1.165) is 6.42 Å². The van der Waals surface area contributed by atoms with E-state index in [2.05, 4.69) is 31.2 Å². The summed E-state index contributed by atoms with van der Waals surface area (Å²) in [7, 11) is 0. The van der Waals surface area contributed by atoms with Crippen molar-refractivity contribution in [3.05, 3.63) is 16.0 Å². The van der Waals surface area contributed by atoms with Gasteiger partial charge in [-0.15, -0.1) is 0 Å². The van der Waals surface area contributed by atoms with Crippen LogP contribution in [0.4, 0.5) is 5.82 Å². The minimum Gasteiger partial charge on any atom is -0.393 e. The van der Waals surface area contributed by atoms with Gasteiger partial charge in [-0.2, -0.15) is 0 Å². The van der Waals surface area contributed by atoms with Gasteiger partial charge < -0.3 is 10.4 Å². The summed E-state index contributed by atoms with van der Waals surface area (Å²) in [4.78, 5) is 7.84. The lowest BCUT2D eigenvalue weighted by Gasteiger charge is -2.10. The van der Waals surface area contributed by atoms with Crippen LogP contribution >= 0.6 is 27.5 Å². The summed E-state index contributed by atoms with van der Waals surface area (Å²) in [5.74, 6) is 0.651. The van der Waals surface area contributed by atoms with Gasteiger partial charge in [0.05, 0.1) is 10.6 Å². The second-order valence-electron chi connectivity index (χ2n) is 3.10. The molecule has 0 aromatic carbocycles. The molecule has 1 unspecified atom stereocenters. The van der Waals surface area contributed by atoms with Crippen LogP contribution < -0.4 is 5.32 Å². The summed E-state index contributed by atoms with van der Waals surface area (Å²) >= 11 is 9.08. The average molecular weight is 295 g/mol. The van der Waals surface area contributed by atoms with Gasteiger partial charge in [0.15, 0.2) is 0 Å². The third-order valence-electron chi connectivity index (χ3n) is 1.99. The standard InChI is InChI=1S/C9H13BrClN3O/c1-2-6(15)3-4-12-9-7(10)8(11)13-5-14-9/h5-6,15H,2-4H2,1H3,(H,12,13,14). The fourth-order valence-corrected chi connectivity index (χ4v) is 1.51. The van der Waals surface area contributed by atoms with Crippen LogP contribution in [0.2, 0.25) is 5.15 Å². The molecule has 84 valence electrons. The molecular weight excluding hydrogens is 281 g/mol. The second kappa shape index (κ2) is 6.25. The normalized spacial score (nSPS) is 12.5. The van der Waals surface area contributed by atoms with Gasteiger partial charge in [0.1, 0.15) is 17.3 Å². The highest BCUT2D eigenvalue weighted by atomic mass is 79.9. The average Bonchev–Trinajstić information content (AvgIpc) is 2.24. The van der Waals surface area contributed by atoms with Crippen molar-refractivity contribution in [2.24, 2.45) is 0 Å². The van der Waals surface area contributed by atoms with Crippen molar-refractivity contribution in [1.29, 1.82) is 0 Å². The molecule has 0 saturated carbocycles. The molecule has 0 fully saturated rings. The van der Waals surface area contributed by atoms with Crippen LogP contribution in [0, 0.1) is 0 Å². The van der Waals surface area contributed by atoms with Gasteiger partial charge >= 0.3 is 0 Å². The van der Waals surface area contributed by atoms with Gasteiger partial charge in [0, 0.05) is 6.54 Å². The summed E-state index contributed by atoms with van der Waals surface area (Å²) in [5, 5.41) is 12.8. The van der Waals surface area contributed by atoms with Crippen LogP contribution in [-0.4, -0.2) is 27.7 Å². The Bertz CT molecular complexity index is 324. The van der Waals surface area contributed by atoms with E-state index >= 15 is 0 Å². The first-order valence-corrected chi connectivity index (χ1v) is 5.90. The van der Waals surface area contributed by atoms with E-state index in [9.17, 15) is 5.11 Å². The van der Waals surface area contributed by atoms with Crippen molar-refractivity contribution in [1.82, 2.24) is 9.97 Å². The Morgan fingerprint density at radius 1 is 1.60 bits per heavy atom. The lowest BCUT2D eigenvalue weighted by molar-refractivity contribution is 0.164. The highest BCUT2D eigenvalue weighted by Gasteiger charge is 2.06. The Labute approximate surface area is 102 Å². The SMILES string of the molecule is CCC(O)CCNc1ncnc(Cl)c1Br. The van der Waals surface area contributed by atoms with Crippen molar-refractivity contribution in [3.63, 3.8) is 0 Å². The van der Waals surface area contributed by atoms with E-state index in [0.29, 0.717) is 28.4 Å². The van der Waals surface area contributed by atoms with Gasteiger partial charge in [-0.25, -0.2) is 9.97 Å². The molecule has 1 heterocycles. The lowest BCUT2D eigenvalue weighted by Crippen LogP contribution is -2.13. The molecule has 2 N–H and O–H groups in total. The minimum absolute atomic E-state index is 0.270. The predicted molar refractivity (Wildman–Crippen MR) is 64.1 cm³/mol. The number of aliphatic hydroxyl groups excluding tert-OH is 1. The Balaban J connectivity index is 2.47. The highest BCUT2D eigenvalue weighted by molar-refractivity contribution is 9.10. The molecular formula is C9H13BrClN3O. The number of hydrogen-bond acceptors (Lipinski definition) is 4. The maximum Gasteiger partial charge on any atom is 0.148 e. The molecule has 0 aliphatic heterocycles. The third kappa shape index (κ3) is 3.93. The number of halogens is 2. The van der Waals surface area contributed by atoms with Crippen LogP contribution in [0.25, 0.3) is 0 Å². The van der Waals surface area contributed by atoms with Crippen molar-refractivity contribution in [2.75, 3.05) is 11.9 Å². The van der Waals surface area contributed by atoms with Crippen molar-refractivity contribution >= 4 is 33.3 Å². The molecule has 0 saturated heterocycles. The minimum atomic E-state index is -0.270. The van der Waals surface area contributed by atoms with Gasteiger partial charge in [-0.1, -0.05) is 18.5 Å². The number of nitrogens with one attached hydrogen (secondary N) is 1. The molecule has 0 bridgehead atoms. The molecule has 1 aromatic heterocycles. The molecule has 0 spiro atoms.